The lowest BCUT2D eigenvalue weighted by atomic mass is 9.90. The number of piperidine rings is 1. The van der Waals surface area contributed by atoms with Crippen LogP contribution in [0.3, 0.4) is 0 Å². The molecule has 22 heavy (non-hydrogen) atoms. The molecular formula is C19H28N2O. The van der Waals surface area contributed by atoms with E-state index in [9.17, 15) is 4.79 Å². The number of hydrogen-bond donors (Lipinski definition) is 0. The van der Waals surface area contributed by atoms with Crippen molar-refractivity contribution < 1.29 is 4.79 Å². The molecule has 1 aromatic rings. The molecule has 0 radical (unpaired) electrons. The SMILES string of the molecule is O=C(CCN1CCCC1)N1CCC(Cc2ccccc2)CC1. The summed E-state index contributed by atoms with van der Waals surface area (Å²) in [5, 5.41) is 0. The van der Waals surface area contributed by atoms with E-state index in [2.05, 4.69) is 40.1 Å². The molecule has 3 nitrogen and oxygen atoms in total. The molecule has 0 bridgehead atoms. The number of hydrogen-bond acceptors (Lipinski definition) is 2. The molecule has 0 spiro atoms. The fourth-order valence-corrected chi connectivity index (χ4v) is 3.75. The Morgan fingerprint density at radius 1 is 1.00 bits per heavy atom. The Labute approximate surface area is 134 Å². The van der Waals surface area contributed by atoms with Gasteiger partial charge in [-0.2, -0.15) is 0 Å². The zero-order chi connectivity index (χ0) is 15.2. The summed E-state index contributed by atoms with van der Waals surface area (Å²) in [6, 6.07) is 10.7. The molecule has 0 aliphatic carbocycles. The van der Waals surface area contributed by atoms with E-state index in [1.54, 1.807) is 0 Å². The average Bonchev–Trinajstić information content (AvgIpc) is 3.08. The fraction of sp³-hybridized carbons (Fsp3) is 0.632. The van der Waals surface area contributed by atoms with Crippen molar-refractivity contribution in [1.82, 2.24) is 9.80 Å². The van der Waals surface area contributed by atoms with Crippen molar-refractivity contribution in [3.63, 3.8) is 0 Å². The molecule has 2 saturated heterocycles. The molecule has 2 aliphatic rings. The van der Waals surface area contributed by atoms with Gasteiger partial charge in [0.15, 0.2) is 0 Å². The number of carbonyl (C=O) groups is 1. The molecule has 0 atom stereocenters. The van der Waals surface area contributed by atoms with E-state index in [0.717, 1.165) is 44.8 Å². The molecule has 0 N–H and O–H groups in total. The second-order valence-corrected chi connectivity index (χ2v) is 6.81. The second-order valence-electron chi connectivity index (χ2n) is 6.81. The molecule has 1 amide bonds. The Balaban J connectivity index is 1.38. The number of nitrogens with zero attached hydrogens (tertiary/aromatic N) is 2. The smallest absolute Gasteiger partial charge is 0.223 e. The van der Waals surface area contributed by atoms with Gasteiger partial charge >= 0.3 is 0 Å². The summed E-state index contributed by atoms with van der Waals surface area (Å²) in [5.74, 6) is 1.11. The first-order chi connectivity index (χ1) is 10.8. The minimum atomic E-state index is 0.366. The Hall–Kier alpha value is -1.35. The van der Waals surface area contributed by atoms with E-state index >= 15 is 0 Å². The van der Waals surface area contributed by atoms with Gasteiger partial charge in [0.1, 0.15) is 0 Å². The lowest BCUT2D eigenvalue weighted by Gasteiger charge is -2.32. The maximum absolute atomic E-state index is 12.3. The van der Waals surface area contributed by atoms with Gasteiger partial charge in [-0.3, -0.25) is 4.79 Å². The van der Waals surface area contributed by atoms with E-state index in [1.807, 2.05) is 0 Å². The predicted molar refractivity (Wildman–Crippen MR) is 89.7 cm³/mol. The van der Waals surface area contributed by atoms with Crippen molar-refractivity contribution in [1.29, 1.82) is 0 Å². The first kappa shape index (κ1) is 15.5. The minimum Gasteiger partial charge on any atom is -0.343 e. The van der Waals surface area contributed by atoms with Crippen LogP contribution in [0.1, 0.15) is 37.7 Å². The lowest BCUT2D eigenvalue weighted by molar-refractivity contribution is -0.132. The highest BCUT2D eigenvalue weighted by Crippen LogP contribution is 2.22. The number of rotatable bonds is 5. The summed E-state index contributed by atoms with van der Waals surface area (Å²) < 4.78 is 0. The molecule has 2 fully saturated rings. The number of amides is 1. The third-order valence-electron chi connectivity index (χ3n) is 5.18. The minimum absolute atomic E-state index is 0.366. The van der Waals surface area contributed by atoms with Gasteiger partial charge in [-0.1, -0.05) is 30.3 Å². The van der Waals surface area contributed by atoms with Gasteiger partial charge in [0.05, 0.1) is 0 Å². The summed E-state index contributed by atoms with van der Waals surface area (Å²) in [6.45, 7) is 5.24. The van der Waals surface area contributed by atoms with Gasteiger partial charge in [-0.25, -0.2) is 0 Å². The molecule has 0 aromatic heterocycles. The van der Waals surface area contributed by atoms with Crippen LogP contribution < -0.4 is 0 Å². The van der Waals surface area contributed by atoms with E-state index < -0.39 is 0 Å². The fourth-order valence-electron chi connectivity index (χ4n) is 3.75. The van der Waals surface area contributed by atoms with Gasteiger partial charge in [-0.05, 0) is 56.7 Å². The van der Waals surface area contributed by atoms with Crippen molar-refractivity contribution in [3.8, 4) is 0 Å². The highest BCUT2D eigenvalue weighted by molar-refractivity contribution is 5.76. The van der Waals surface area contributed by atoms with E-state index in [4.69, 9.17) is 0 Å². The van der Waals surface area contributed by atoms with Gasteiger partial charge in [0.25, 0.3) is 0 Å². The van der Waals surface area contributed by atoms with Crippen LogP contribution in [0.15, 0.2) is 30.3 Å². The van der Waals surface area contributed by atoms with Gasteiger partial charge in [0.2, 0.25) is 5.91 Å². The molecular weight excluding hydrogens is 272 g/mol. The van der Waals surface area contributed by atoms with E-state index in [1.165, 1.54) is 31.5 Å². The topological polar surface area (TPSA) is 23.6 Å². The monoisotopic (exact) mass is 300 g/mol. The summed E-state index contributed by atoms with van der Waals surface area (Å²) in [7, 11) is 0. The third kappa shape index (κ3) is 4.33. The number of likely N-dealkylation sites (tertiary alicyclic amines) is 2. The Morgan fingerprint density at radius 2 is 1.68 bits per heavy atom. The van der Waals surface area contributed by atoms with E-state index in [-0.39, 0.29) is 0 Å². The van der Waals surface area contributed by atoms with Crippen LogP contribution in [0.25, 0.3) is 0 Å². The van der Waals surface area contributed by atoms with Crippen LogP contribution in [-0.4, -0.2) is 48.4 Å². The van der Waals surface area contributed by atoms with Crippen LogP contribution >= 0.6 is 0 Å². The molecule has 0 saturated carbocycles. The normalized spacial score (nSPS) is 20.5. The molecule has 1 aromatic carbocycles. The highest BCUT2D eigenvalue weighted by atomic mass is 16.2. The van der Waals surface area contributed by atoms with Crippen LogP contribution in [0.5, 0.6) is 0 Å². The van der Waals surface area contributed by atoms with Crippen molar-refractivity contribution in [2.24, 2.45) is 5.92 Å². The van der Waals surface area contributed by atoms with Gasteiger partial charge in [0, 0.05) is 26.1 Å². The zero-order valence-corrected chi connectivity index (χ0v) is 13.5. The van der Waals surface area contributed by atoms with Crippen molar-refractivity contribution in [2.45, 2.75) is 38.5 Å². The predicted octanol–water partition coefficient (Wildman–Crippen LogP) is 2.95. The standard InChI is InChI=1S/C19H28N2O/c22-19(10-13-20-11-4-5-12-20)21-14-8-18(9-15-21)16-17-6-2-1-3-7-17/h1-3,6-7,18H,4-5,8-16H2. The van der Waals surface area contributed by atoms with Crippen LogP contribution in [0.2, 0.25) is 0 Å². The van der Waals surface area contributed by atoms with E-state index in [0.29, 0.717) is 12.3 Å². The molecule has 2 heterocycles. The summed E-state index contributed by atoms with van der Waals surface area (Å²) in [5.41, 5.74) is 1.43. The third-order valence-corrected chi connectivity index (χ3v) is 5.18. The number of carbonyl (C=O) groups excluding carboxylic acids is 1. The van der Waals surface area contributed by atoms with Crippen molar-refractivity contribution in [2.75, 3.05) is 32.7 Å². The average molecular weight is 300 g/mol. The largest absolute Gasteiger partial charge is 0.343 e. The summed E-state index contributed by atoms with van der Waals surface area (Å²) in [4.78, 5) is 16.8. The van der Waals surface area contributed by atoms with Crippen molar-refractivity contribution >= 4 is 5.91 Å². The summed E-state index contributed by atoms with van der Waals surface area (Å²) in [6.07, 6.45) is 6.80. The molecule has 2 aliphatic heterocycles. The molecule has 0 unspecified atom stereocenters. The highest BCUT2D eigenvalue weighted by Gasteiger charge is 2.23. The zero-order valence-electron chi connectivity index (χ0n) is 13.5. The van der Waals surface area contributed by atoms with Crippen molar-refractivity contribution in [3.05, 3.63) is 35.9 Å². The van der Waals surface area contributed by atoms with Gasteiger partial charge in [-0.15, -0.1) is 0 Å². The van der Waals surface area contributed by atoms with Crippen LogP contribution in [0, 0.1) is 5.92 Å². The van der Waals surface area contributed by atoms with Crippen LogP contribution in [0.4, 0.5) is 0 Å². The van der Waals surface area contributed by atoms with Gasteiger partial charge < -0.3 is 9.80 Å². The first-order valence-electron chi connectivity index (χ1n) is 8.85. The Kier molecular flexibility index (Phi) is 5.49. The molecule has 3 heteroatoms. The first-order valence-corrected chi connectivity index (χ1v) is 8.85. The molecule has 120 valence electrons. The second kappa shape index (κ2) is 7.77. The summed E-state index contributed by atoms with van der Waals surface area (Å²) >= 11 is 0. The maximum atomic E-state index is 12.3. The number of benzene rings is 1. The quantitative estimate of drug-likeness (QED) is 0.834. The Morgan fingerprint density at radius 3 is 2.36 bits per heavy atom. The maximum Gasteiger partial charge on any atom is 0.223 e. The van der Waals surface area contributed by atoms with Crippen LogP contribution in [-0.2, 0) is 11.2 Å². The Bertz CT molecular complexity index is 460. The molecule has 3 rings (SSSR count). The lowest BCUT2D eigenvalue weighted by Crippen LogP contribution is -2.40.